The number of benzene rings is 5. The van der Waals surface area contributed by atoms with E-state index in [2.05, 4.69) is 0 Å². The van der Waals surface area contributed by atoms with Gasteiger partial charge in [-0.3, -0.25) is 0 Å². The minimum absolute atomic E-state index is 0.00917. The van der Waals surface area contributed by atoms with E-state index in [4.69, 9.17) is 28.4 Å². The zero-order valence-corrected chi connectivity index (χ0v) is 27.3. The maximum absolute atomic E-state index is 13.7. The Labute approximate surface area is 294 Å². The van der Waals surface area contributed by atoms with E-state index in [1.165, 1.54) is 0 Å². The molecule has 10 heteroatoms. The Balaban J connectivity index is 1.39. The van der Waals surface area contributed by atoms with Crippen LogP contribution in [0.3, 0.4) is 0 Å². The summed E-state index contributed by atoms with van der Waals surface area (Å²) in [7, 11) is 0. The Kier molecular flexibility index (Phi) is 11.6. The maximum atomic E-state index is 13.7. The summed E-state index contributed by atoms with van der Waals surface area (Å²) in [5.41, 5.74) is 1.66. The highest BCUT2D eigenvalue weighted by atomic mass is 16.7. The van der Waals surface area contributed by atoms with Crippen molar-refractivity contribution in [1.29, 1.82) is 0 Å². The number of hydrogen-bond acceptors (Lipinski definition) is 10. The zero-order chi connectivity index (χ0) is 35.4. The summed E-state index contributed by atoms with van der Waals surface area (Å²) in [6, 6.07) is 42.1. The summed E-state index contributed by atoms with van der Waals surface area (Å²) in [4.78, 5) is 53.9. The molecule has 10 nitrogen and oxygen atoms in total. The van der Waals surface area contributed by atoms with Gasteiger partial charge in [0.1, 0.15) is 12.7 Å². The van der Waals surface area contributed by atoms with Crippen LogP contribution in [0.5, 0.6) is 0 Å². The van der Waals surface area contributed by atoms with E-state index in [9.17, 15) is 19.2 Å². The summed E-state index contributed by atoms with van der Waals surface area (Å²) >= 11 is 0. The molecule has 5 aromatic carbocycles. The van der Waals surface area contributed by atoms with Crippen LogP contribution in [0.25, 0.3) is 0 Å². The molecule has 1 aliphatic rings. The molecule has 0 bridgehead atoms. The number of hydrogen-bond donors (Lipinski definition) is 0. The van der Waals surface area contributed by atoms with E-state index in [1.54, 1.807) is 121 Å². The van der Waals surface area contributed by atoms with Crippen molar-refractivity contribution < 1.29 is 47.6 Å². The van der Waals surface area contributed by atoms with Crippen molar-refractivity contribution in [2.45, 2.75) is 37.3 Å². The molecule has 5 atom stereocenters. The second-order valence-electron chi connectivity index (χ2n) is 11.5. The lowest BCUT2D eigenvalue weighted by atomic mass is 9.97. The highest BCUT2D eigenvalue weighted by molar-refractivity contribution is 5.91. The largest absolute Gasteiger partial charge is 0.459 e. The van der Waals surface area contributed by atoms with Gasteiger partial charge in [0.25, 0.3) is 0 Å². The summed E-state index contributed by atoms with van der Waals surface area (Å²) in [6.07, 6.45) is -7.01. The van der Waals surface area contributed by atoms with Gasteiger partial charge < -0.3 is 28.4 Å². The Morgan fingerprint density at radius 2 is 0.824 bits per heavy atom. The molecule has 51 heavy (non-hydrogen) atoms. The quantitative estimate of drug-likeness (QED) is 0.107. The van der Waals surface area contributed by atoms with Crippen LogP contribution in [0.15, 0.2) is 152 Å². The first-order valence-corrected chi connectivity index (χ1v) is 16.3. The molecule has 1 aliphatic heterocycles. The average Bonchev–Trinajstić information content (AvgIpc) is 3.19. The molecule has 1 fully saturated rings. The lowest BCUT2D eigenvalue weighted by molar-refractivity contribution is -0.301. The van der Waals surface area contributed by atoms with Gasteiger partial charge in [0, 0.05) is 0 Å². The molecule has 0 aliphatic carbocycles. The Morgan fingerprint density at radius 3 is 1.27 bits per heavy atom. The predicted molar refractivity (Wildman–Crippen MR) is 184 cm³/mol. The Bertz CT molecular complexity index is 1890. The summed E-state index contributed by atoms with van der Waals surface area (Å²) < 4.78 is 36.4. The van der Waals surface area contributed by atoms with E-state index in [0.29, 0.717) is 0 Å². The fourth-order valence-corrected chi connectivity index (χ4v) is 5.41. The van der Waals surface area contributed by atoms with Crippen LogP contribution >= 0.6 is 0 Å². The molecule has 0 N–H and O–H groups in total. The van der Waals surface area contributed by atoms with Gasteiger partial charge in [-0.15, -0.1) is 0 Å². The first-order valence-electron chi connectivity index (χ1n) is 16.3. The third-order valence-electron chi connectivity index (χ3n) is 7.99. The topological polar surface area (TPSA) is 124 Å². The molecular weight excluding hydrogens is 652 g/mol. The predicted octanol–water partition coefficient (Wildman–Crippen LogP) is 6.46. The van der Waals surface area contributed by atoms with Crippen molar-refractivity contribution >= 4 is 23.9 Å². The fraction of sp³-hybridized carbons (Fsp3) is 0.171. The lowest BCUT2D eigenvalue weighted by Gasteiger charge is -2.44. The zero-order valence-electron chi connectivity index (χ0n) is 27.3. The first-order chi connectivity index (χ1) is 25.0. The molecule has 6 rings (SSSR count). The van der Waals surface area contributed by atoms with E-state index >= 15 is 0 Å². The van der Waals surface area contributed by atoms with Gasteiger partial charge in [-0.1, -0.05) is 103 Å². The minimum Gasteiger partial charge on any atom is -0.459 e. The van der Waals surface area contributed by atoms with Gasteiger partial charge in [-0.2, -0.15) is 0 Å². The van der Waals surface area contributed by atoms with Crippen molar-refractivity contribution in [3.05, 3.63) is 179 Å². The Hall–Kier alpha value is -6.10. The SMILES string of the molecule is O=C(OC[C@H]1O[C@@H](OCc2ccccc2)[C@H](OC(=O)c2ccccc2)[C@@H](OC(=O)c2ccccc2)[C@@H]1OC(=O)c1ccccc1)c1ccccc1. The highest BCUT2D eigenvalue weighted by Crippen LogP contribution is 2.32. The summed E-state index contributed by atoms with van der Waals surface area (Å²) in [5.74, 6) is -2.99. The van der Waals surface area contributed by atoms with E-state index in [-0.39, 0.29) is 28.9 Å². The van der Waals surface area contributed by atoms with Crippen LogP contribution in [-0.2, 0) is 35.0 Å². The van der Waals surface area contributed by atoms with Crippen LogP contribution in [-0.4, -0.2) is 61.2 Å². The van der Waals surface area contributed by atoms with Gasteiger partial charge in [0.15, 0.2) is 24.6 Å². The van der Waals surface area contributed by atoms with E-state index < -0.39 is 61.2 Å². The molecule has 5 aromatic rings. The molecule has 0 saturated carbocycles. The van der Waals surface area contributed by atoms with Gasteiger partial charge in [-0.05, 0) is 54.1 Å². The van der Waals surface area contributed by atoms with E-state index in [0.717, 1.165) is 5.56 Å². The summed E-state index contributed by atoms with van der Waals surface area (Å²) in [6.45, 7) is -0.431. The second-order valence-corrected chi connectivity index (χ2v) is 11.5. The van der Waals surface area contributed by atoms with Crippen LogP contribution in [0, 0.1) is 0 Å². The number of carbonyl (C=O) groups excluding carboxylic acids is 4. The van der Waals surface area contributed by atoms with E-state index in [1.807, 2.05) is 30.3 Å². The average molecular weight is 687 g/mol. The number of ether oxygens (including phenoxy) is 6. The fourth-order valence-electron chi connectivity index (χ4n) is 5.41. The van der Waals surface area contributed by atoms with Crippen molar-refractivity contribution in [2.24, 2.45) is 0 Å². The van der Waals surface area contributed by atoms with Crippen LogP contribution in [0.1, 0.15) is 47.0 Å². The third kappa shape index (κ3) is 9.13. The molecule has 0 spiro atoms. The minimum atomic E-state index is -1.49. The molecule has 1 saturated heterocycles. The normalized spacial score (nSPS) is 19.6. The van der Waals surface area contributed by atoms with Crippen LogP contribution in [0.4, 0.5) is 0 Å². The first kappa shape index (κ1) is 34.8. The van der Waals surface area contributed by atoms with Crippen molar-refractivity contribution in [1.82, 2.24) is 0 Å². The van der Waals surface area contributed by atoms with Crippen LogP contribution < -0.4 is 0 Å². The molecule has 0 radical (unpaired) electrons. The molecular formula is C41H34O10. The molecule has 0 unspecified atom stereocenters. The van der Waals surface area contributed by atoms with Crippen molar-refractivity contribution in [3.63, 3.8) is 0 Å². The Morgan fingerprint density at radius 1 is 0.451 bits per heavy atom. The summed E-state index contributed by atoms with van der Waals surface area (Å²) in [5, 5.41) is 0. The van der Waals surface area contributed by atoms with Gasteiger partial charge in [0.2, 0.25) is 0 Å². The second kappa shape index (κ2) is 17.0. The standard InChI is InChI=1S/C41H34O10/c42-37(29-18-8-2-9-19-29)46-27-33-34(49-38(43)30-20-10-3-11-21-30)35(50-39(44)31-22-12-4-13-23-31)36(51-40(45)32-24-14-5-15-25-32)41(48-33)47-26-28-16-6-1-7-17-28/h1-25,33-36,41H,26-27H2/t33-,34-,35+,36-,41-/m1/s1. The molecule has 0 aromatic heterocycles. The highest BCUT2D eigenvalue weighted by Gasteiger charge is 2.53. The van der Waals surface area contributed by atoms with Crippen LogP contribution in [0.2, 0.25) is 0 Å². The van der Waals surface area contributed by atoms with Crippen molar-refractivity contribution in [3.8, 4) is 0 Å². The van der Waals surface area contributed by atoms with Crippen molar-refractivity contribution in [2.75, 3.05) is 6.61 Å². The number of rotatable bonds is 12. The maximum Gasteiger partial charge on any atom is 0.338 e. The van der Waals surface area contributed by atoms with Gasteiger partial charge in [-0.25, -0.2) is 19.2 Å². The molecule has 1 heterocycles. The van der Waals surface area contributed by atoms with Gasteiger partial charge in [0.05, 0.1) is 28.9 Å². The molecule has 258 valence electrons. The molecule has 0 amide bonds. The smallest absolute Gasteiger partial charge is 0.338 e. The third-order valence-corrected chi connectivity index (χ3v) is 7.99. The number of carbonyl (C=O) groups is 4. The van der Waals surface area contributed by atoms with Gasteiger partial charge >= 0.3 is 23.9 Å². The monoisotopic (exact) mass is 686 g/mol. The number of esters is 4. The lowest BCUT2D eigenvalue weighted by Crippen LogP contribution is -2.63.